The van der Waals surface area contributed by atoms with E-state index in [9.17, 15) is 0 Å². The third-order valence-electron chi connectivity index (χ3n) is 2.81. The topological polar surface area (TPSA) is 55.5 Å². The quantitative estimate of drug-likeness (QED) is 0.891. The summed E-state index contributed by atoms with van der Waals surface area (Å²) in [5.74, 6) is 0.854. The molecule has 0 bridgehead atoms. The van der Waals surface area contributed by atoms with E-state index in [4.69, 9.17) is 15.6 Å². The number of rotatable bonds is 5. The maximum absolute atomic E-state index is 8.89. The predicted molar refractivity (Wildman–Crippen MR) is 82.2 cm³/mol. The van der Waals surface area contributed by atoms with Gasteiger partial charge in [-0.2, -0.15) is 0 Å². The zero-order valence-electron chi connectivity index (χ0n) is 10.7. The lowest BCUT2D eigenvalue weighted by Gasteiger charge is -2.06. The van der Waals surface area contributed by atoms with Crippen molar-refractivity contribution < 1.29 is 9.84 Å². The van der Waals surface area contributed by atoms with Crippen LogP contribution in [0.15, 0.2) is 36.4 Å². The van der Waals surface area contributed by atoms with Gasteiger partial charge in [0.25, 0.3) is 0 Å². The molecule has 1 unspecified atom stereocenters. The third-order valence-corrected chi connectivity index (χ3v) is 4.07. The number of aliphatic hydroxyl groups is 1. The summed E-state index contributed by atoms with van der Waals surface area (Å²) < 4.78 is 5.14. The molecule has 0 aliphatic heterocycles. The minimum absolute atomic E-state index is 0. The number of aliphatic hydroxyl groups excluding tert-OH is 1. The molecule has 0 spiro atoms. The molecule has 0 aliphatic carbocycles. The van der Waals surface area contributed by atoms with Crippen molar-refractivity contribution in [1.82, 2.24) is 0 Å². The molecule has 0 saturated heterocycles. The van der Waals surface area contributed by atoms with E-state index in [0.717, 1.165) is 16.2 Å². The van der Waals surface area contributed by atoms with Crippen molar-refractivity contribution in [3.63, 3.8) is 0 Å². The van der Waals surface area contributed by atoms with Crippen molar-refractivity contribution in [2.24, 2.45) is 5.73 Å². The summed E-state index contributed by atoms with van der Waals surface area (Å²) >= 11 is 1.67. The van der Waals surface area contributed by atoms with Crippen LogP contribution < -0.4 is 10.5 Å². The highest BCUT2D eigenvalue weighted by Crippen LogP contribution is 2.32. The Labute approximate surface area is 123 Å². The normalized spacial score (nSPS) is 11.7. The van der Waals surface area contributed by atoms with Gasteiger partial charge in [0.2, 0.25) is 0 Å². The number of methoxy groups -OCH3 is 1. The minimum atomic E-state index is -0.0769. The largest absolute Gasteiger partial charge is 0.497 e. The average molecular weight is 300 g/mol. The number of hydrogen-bond acceptors (Lipinski definition) is 4. The van der Waals surface area contributed by atoms with Gasteiger partial charge in [-0.1, -0.05) is 0 Å². The van der Waals surface area contributed by atoms with E-state index < -0.39 is 0 Å². The Bertz CT molecular complexity index is 498. The first kappa shape index (κ1) is 16.0. The summed E-state index contributed by atoms with van der Waals surface area (Å²) in [7, 11) is 1.66. The molecule has 5 heteroatoms. The molecule has 3 N–H and O–H groups in total. The number of thiophene rings is 1. The van der Waals surface area contributed by atoms with Crippen molar-refractivity contribution in [2.75, 3.05) is 13.7 Å². The lowest BCUT2D eigenvalue weighted by molar-refractivity contribution is 0.277. The highest BCUT2D eigenvalue weighted by molar-refractivity contribution is 7.15. The van der Waals surface area contributed by atoms with Crippen molar-refractivity contribution >= 4 is 23.7 Å². The van der Waals surface area contributed by atoms with E-state index in [1.807, 2.05) is 30.3 Å². The van der Waals surface area contributed by atoms with Crippen LogP contribution in [0.25, 0.3) is 10.4 Å². The van der Waals surface area contributed by atoms with Gasteiger partial charge >= 0.3 is 0 Å². The van der Waals surface area contributed by atoms with Crippen LogP contribution in [0.5, 0.6) is 5.75 Å². The zero-order valence-corrected chi connectivity index (χ0v) is 12.3. The first-order chi connectivity index (χ1) is 8.74. The molecule has 1 atom stereocenters. The second-order valence-corrected chi connectivity index (χ2v) is 5.16. The SMILES string of the molecule is COc1ccc(-c2ccc(C(N)CCO)s2)cc1.Cl. The maximum atomic E-state index is 8.89. The molecule has 0 amide bonds. The van der Waals surface area contributed by atoms with Gasteiger partial charge in [-0.3, -0.25) is 0 Å². The molecule has 2 rings (SSSR count). The van der Waals surface area contributed by atoms with Gasteiger partial charge in [0.1, 0.15) is 5.75 Å². The average Bonchev–Trinajstić information content (AvgIpc) is 2.89. The minimum Gasteiger partial charge on any atom is -0.497 e. The Morgan fingerprint density at radius 3 is 2.47 bits per heavy atom. The summed E-state index contributed by atoms with van der Waals surface area (Å²) in [5, 5.41) is 8.89. The van der Waals surface area contributed by atoms with E-state index in [1.165, 1.54) is 4.88 Å². The molecule has 1 heterocycles. The first-order valence-corrected chi connectivity index (χ1v) is 6.67. The molecule has 3 nitrogen and oxygen atoms in total. The van der Waals surface area contributed by atoms with Crippen LogP contribution in [-0.2, 0) is 0 Å². The van der Waals surface area contributed by atoms with Gasteiger partial charge in [-0.05, 0) is 48.4 Å². The fourth-order valence-electron chi connectivity index (χ4n) is 1.74. The molecular weight excluding hydrogens is 282 g/mol. The molecule has 0 saturated carbocycles. The summed E-state index contributed by atoms with van der Waals surface area (Å²) in [6, 6.07) is 12.0. The Kier molecular flexibility index (Phi) is 6.31. The molecular formula is C14H18ClNO2S. The fraction of sp³-hybridized carbons (Fsp3) is 0.286. The Morgan fingerprint density at radius 1 is 1.21 bits per heavy atom. The van der Waals surface area contributed by atoms with Crippen molar-refractivity contribution in [2.45, 2.75) is 12.5 Å². The van der Waals surface area contributed by atoms with Gasteiger partial charge in [0.05, 0.1) is 7.11 Å². The predicted octanol–water partition coefficient (Wildman–Crippen LogP) is 3.23. The lowest BCUT2D eigenvalue weighted by Crippen LogP contribution is -2.09. The van der Waals surface area contributed by atoms with E-state index in [-0.39, 0.29) is 25.1 Å². The summed E-state index contributed by atoms with van der Waals surface area (Å²) in [4.78, 5) is 2.29. The first-order valence-electron chi connectivity index (χ1n) is 5.85. The third kappa shape index (κ3) is 3.94. The van der Waals surface area contributed by atoms with Crippen LogP contribution in [0.3, 0.4) is 0 Å². The summed E-state index contributed by atoms with van der Waals surface area (Å²) in [5.41, 5.74) is 7.13. The van der Waals surface area contributed by atoms with Crippen LogP contribution in [0.4, 0.5) is 0 Å². The Balaban J connectivity index is 0.00000180. The smallest absolute Gasteiger partial charge is 0.118 e. The fourth-order valence-corrected chi connectivity index (χ4v) is 2.79. The van der Waals surface area contributed by atoms with Crippen molar-refractivity contribution in [3.05, 3.63) is 41.3 Å². The van der Waals surface area contributed by atoms with Crippen LogP contribution in [0.1, 0.15) is 17.3 Å². The summed E-state index contributed by atoms with van der Waals surface area (Å²) in [6.45, 7) is 0.122. The standard InChI is InChI=1S/C14H17NO2S.ClH/c1-17-11-4-2-10(3-5-11)13-6-7-14(18-13)12(15)8-9-16;/h2-7,12,16H,8-9,15H2,1H3;1H. The molecule has 0 aliphatic rings. The van der Waals surface area contributed by atoms with Gasteiger partial charge in [0, 0.05) is 22.4 Å². The molecule has 1 aromatic carbocycles. The van der Waals surface area contributed by atoms with Gasteiger partial charge in [0.15, 0.2) is 0 Å². The van der Waals surface area contributed by atoms with E-state index in [1.54, 1.807) is 18.4 Å². The monoisotopic (exact) mass is 299 g/mol. The Hall–Kier alpha value is -1.07. The van der Waals surface area contributed by atoms with Crippen LogP contribution >= 0.6 is 23.7 Å². The molecule has 1 aromatic heterocycles. The maximum Gasteiger partial charge on any atom is 0.118 e. The van der Waals surface area contributed by atoms with Crippen LogP contribution in [-0.4, -0.2) is 18.8 Å². The number of ether oxygens (including phenoxy) is 1. The highest BCUT2D eigenvalue weighted by atomic mass is 35.5. The zero-order chi connectivity index (χ0) is 13.0. The molecule has 2 aromatic rings. The Morgan fingerprint density at radius 2 is 1.89 bits per heavy atom. The van der Waals surface area contributed by atoms with Crippen molar-refractivity contribution in [1.29, 1.82) is 0 Å². The molecule has 0 radical (unpaired) electrons. The molecule has 104 valence electrons. The second-order valence-electron chi connectivity index (χ2n) is 4.05. The molecule has 19 heavy (non-hydrogen) atoms. The number of nitrogens with two attached hydrogens (primary N) is 1. The number of halogens is 1. The van der Waals surface area contributed by atoms with Gasteiger partial charge in [-0.15, -0.1) is 23.7 Å². The van der Waals surface area contributed by atoms with E-state index >= 15 is 0 Å². The number of benzene rings is 1. The van der Waals surface area contributed by atoms with E-state index in [0.29, 0.717) is 6.42 Å². The number of hydrogen-bond donors (Lipinski definition) is 2. The van der Waals surface area contributed by atoms with Crippen LogP contribution in [0, 0.1) is 0 Å². The van der Waals surface area contributed by atoms with Crippen LogP contribution in [0.2, 0.25) is 0 Å². The van der Waals surface area contributed by atoms with Gasteiger partial charge in [-0.25, -0.2) is 0 Å². The second kappa shape index (κ2) is 7.50. The van der Waals surface area contributed by atoms with E-state index in [2.05, 4.69) is 6.07 Å². The summed E-state index contributed by atoms with van der Waals surface area (Å²) in [6.07, 6.45) is 0.600. The highest BCUT2D eigenvalue weighted by Gasteiger charge is 2.09. The van der Waals surface area contributed by atoms with Crippen molar-refractivity contribution in [3.8, 4) is 16.2 Å². The lowest BCUT2D eigenvalue weighted by atomic mass is 10.1. The van der Waals surface area contributed by atoms with Gasteiger partial charge < -0.3 is 15.6 Å². The molecule has 0 fully saturated rings.